The van der Waals surface area contributed by atoms with Gasteiger partial charge < -0.3 is 10.6 Å². The number of benzene rings is 1. The summed E-state index contributed by atoms with van der Waals surface area (Å²) in [5, 5.41) is 2.05. The highest BCUT2D eigenvalue weighted by Crippen LogP contribution is 2.38. The van der Waals surface area contributed by atoms with E-state index in [1.807, 2.05) is 17.0 Å². The molecule has 2 heterocycles. The van der Waals surface area contributed by atoms with E-state index in [1.165, 1.54) is 11.3 Å². The molecule has 1 aromatic carbocycles. The van der Waals surface area contributed by atoms with Gasteiger partial charge in [-0.05, 0) is 25.0 Å². The van der Waals surface area contributed by atoms with Crippen LogP contribution in [0.3, 0.4) is 0 Å². The number of hydrogen-bond acceptors (Lipinski definition) is 3. The Balaban J connectivity index is 2.01. The van der Waals surface area contributed by atoms with Gasteiger partial charge in [0.1, 0.15) is 4.88 Å². The van der Waals surface area contributed by atoms with Crippen molar-refractivity contribution in [2.24, 2.45) is 5.73 Å². The van der Waals surface area contributed by atoms with Crippen molar-refractivity contribution >= 4 is 50.5 Å². The van der Waals surface area contributed by atoms with Crippen molar-refractivity contribution in [1.82, 2.24) is 4.90 Å². The Bertz CT molecular complexity index is 670. The molecular formula is C14H14Cl2N2OS. The summed E-state index contributed by atoms with van der Waals surface area (Å²) >= 11 is 13.7. The third-order valence-corrected chi connectivity index (χ3v) is 5.58. The predicted molar refractivity (Wildman–Crippen MR) is 85.0 cm³/mol. The summed E-state index contributed by atoms with van der Waals surface area (Å²) in [5.74, 6) is -0.0136. The van der Waals surface area contributed by atoms with E-state index < -0.39 is 0 Å². The molecule has 1 aromatic heterocycles. The maximum absolute atomic E-state index is 12.7. The summed E-state index contributed by atoms with van der Waals surface area (Å²) in [7, 11) is 0. The molecule has 1 unspecified atom stereocenters. The Morgan fingerprint density at radius 2 is 2.25 bits per heavy atom. The van der Waals surface area contributed by atoms with Gasteiger partial charge in [-0.3, -0.25) is 4.79 Å². The summed E-state index contributed by atoms with van der Waals surface area (Å²) in [6.07, 6.45) is 1.97. The van der Waals surface area contributed by atoms with Gasteiger partial charge in [0.25, 0.3) is 5.91 Å². The fourth-order valence-electron chi connectivity index (χ4n) is 2.66. The topological polar surface area (TPSA) is 46.3 Å². The molecule has 3 rings (SSSR count). The molecule has 0 saturated carbocycles. The molecule has 1 saturated heterocycles. The highest BCUT2D eigenvalue weighted by atomic mass is 35.5. The van der Waals surface area contributed by atoms with Crippen molar-refractivity contribution in [3.05, 3.63) is 33.1 Å². The van der Waals surface area contributed by atoms with E-state index in [0.717, 1.165) is 29.5 Å². The molecule has 20 heavy (non-hydrogen) atoms. The van der Waals surface area contributed by atoms with E-state index in [0.29, 0.717) is 21.5 Å². The first-order chi connectivity index (χ1) is 9.61. The van der Waals surface area contributed by atoms with Crippen LogP contribution in [0.4, 0.5) is 0 Å². The zero-order valence-corrected chi connectivity index (χ0v) is 13.1. The van der Waals surface area contributed by atoms with Crippen LogP contribution in [0.5, 0.6) is 0 Å². The third kappa shape index (κ3) is 2.31. The number of halogens is 2. The van der Waals surface area contributed by atoms with Crippen LogP contribution in [0, 0.1) is 0 Å². The van der Waals surface area contributed by atoms with Gasteiger partial charge in [-0.1, -0.05) is 29.3 Å². The highest BCUT2D eigenvalue weighted by molar-refractivity contribution is 7.21. The van der Waals surface area contributed by atoms with Crippen LogP contribution >= 0.6 is 34.5 Å². The number of nitrogens with zero attached hydrogens (tertiary/aromatic N) is 1. The van der Waals surface area contributed by atoms with Crippen LogP contribution in [0.1, 0.15) is 22.5 Å². The van der Waals surface area contributed by atoms with Crippen LogP contribution < -0.4 is 5.73 Å². The maximum Gasteiger partial charge on any atom is 0.265 e. The lowest BCUT2D eigenvalue weighted by Gasteiger charge is -2.22. The Morgan fingerprint density at radius 1 is 1.45 bits per heavy atom. The van der Waals surface area contributed by atoms with E-state index in [4.69, 9.17) is 28.9 Å². The summed E-state index contributed by atoms with van der Waals surface area (Å²) < 4.78 is 0.939. The van der Waals surface area contributed by atoms with Crippen molar-refractivity contribution < 1.29 is 4.79 Å². The zero-order chi connectivity index (χ0) is 14.3. The van der Waals surface area contributed by atoms with Crippen LogP contribution in [-0.2, 0) is 0 Å². The van der Waals surface area contributed by atoms with Crippen molar-refractivity contribution in [3.63, 3.8) is 0 Å². The van der Waals surface area contributed by atoms with Gasteiger partial charge in [0.2, 0.25) is 0 Å². The van der Waals surface area contributed by atoms with Gasteiger partial charge in [-0.15, -0.1) is 11.3 Å². The van der Waals surface area contributed by atoms with E-state index >= 15 is 0 Å². The smallest absolute Gasteiger partial charge is 0.265 e. The Labute approximate surface area is 131 Å². The van der Waals surface area contributed by atoms with Crippen molar-refractivity contribution in [1.29, 1.82) is 0 Å². The number of hydrogen-bond donors (Lipinski definition) is 1. The number of fused-ring (bicyclic) bond motifs is 1. The lowest BCUT2D eigenvalue weighted by Crippen LogP contribution is -2.39. The lowest BCUT2D eigenvalue weighted by molar-refractivity contribution is 0.0746. The molecule has 6 heteroatoms. The standard InChI is InChI=1S/C14H14Cl2N2OS/c15-8-3-4-10-11(6-8)20-13(12(10)16)14(19)18-5-1-2-9(18)7-17/h3-4,6,9H,1-2,5,7,17H2. The van der Waals surface area contributed by atoms with E-state index in [-0.39, 0.29) is 11.9 Å². The molecule has 0 radical (unpaired) electrons. The molecule has 1 atom stereocenters. The molecule has 1 aliphatic rings. The minimum Gasteiger partial charge on any atom is -0.334 e. The number of rotatable bonds is 2. The average Bonchev–Trinajstić information content (AvgIpc) is 3.02. The van der Waals surface area contributed by atoms with Crippen molar-refractivity contribution in [2.45, 2.75) is 18.9 Å². The molecule has 106 valence electrons. The summed E-state index contributed by atoms with van der Waals surface area (Å²) in [6.45, 7) is 1.26. The number of amides is 1. The average molecular weight is 329 g/mol. The SMILES string of the molecule is NCC1CCCN1C(=O)c1sc2cc(Cl)ccc2c1Cl. The molecule has 0 aliphatic carbocycles. The summed E-state index contributed by atoms with van der Waals surface area (Å²) in [4.78, 5) is 15.1. The molecule has 2 aromatic rings. The third-order valence-electron chi connectivity index (χ3n) is 3.70. The minimum atomic E-state index is -0.0136. The second-order valence-electron chi connectivity index (χ2n) is 4.92. The first kappa shape index (κ1) is 14.1. The first-order valence-corrected chi connectivity index (χ1v) is 8.07. The van der Waals surface area contributed by atoms with Gasteiger partial charge in [-0.25, -0.2) is 0 Å². The monoisotopic (exact) mass is 328 g/mol. The molecule has 0 spiro atoms. The lowest BCUT2D eigenvalue weighted by atomic mass is 10.2. The molecule has 3 nitrogen and oxygen atoms in total. The number of thiophene rings is 1. The van der Waals surface area contributed by atoms with Crippen LogP contribution in [-0.4, -0.2) is 29.9 Å². The van der Waals surface area contributed by atoms with E-state index in [1.54, 1.807) is 6.07 Å². The van der Waals surface area contributed by atoms with Crippen LogP contribution in [0.2, 0.25) is 10.0 Å². The predicted octanol–water partition coefficient (Wildman–Crippen LogP) is 3.77. The number of likely N-dealkylation sites (tertiary alicyclic amines) is 1. The Hall–Kier alpha value is -0.810. The molecule has 1 amide bonds. The van der Waals surface area contributed by atoms with Crippen LogP contribution in [0.15, 0.2) is 18.2 Å². The normalized spacial score (nSPS) is 18.9. The van der Waals surface area contributed by atoms with Gasteiger partial charge in [0.15, 0.2) is 0 Å². The minimum absolute atomic E-state index is 0.0136. The van der Waals surface area contributed by atoms with Gasteiger partial charge in [-0.2, -0.15) is 0 Å². The second kappa shape index (κ2) is 5.53. The maximum atomic E-state index is 12.7. The summed E-state index contributed by atoms with van der Waals surface area (Å²) in [5.41, 5.74) is 5.73. The van der Waals surface area contributed by atoms with Crippen molar-refractivity contribution in [2.75, 3.05) is 13.1 Å². The number of carbonyl (C=O) groups is 1. The first-order valence-electron chi connectivity index (χ1n) is 6.50. The fraction of sp³-hybridized carbons (Fsp3) is 0.357. The zero-order valence-electron chi connectivity index (χ0n) is 10.7. The van der Waals surface area contributed by atoms with Gasteiger partial charge in [0, 0.05) is 34.2 Å². The Kier molecular flexibility index (Phi) is 3.91. The molecule has 0 bridgehead atoms. The quantitative estimate of drug-likeness (QED) is 0.912. The van der Waals surface area contributed by atoms with E-state index in [9.17, 15) is 4.79 Å². The molecule has 2 N–H and O–H groups in total. The molecule has 1 fully saturated rings. The van der Waals surface area contributed by atoms with Gasteiger partial charge in [0.05, 0.1) is 5.02 Å². The molecule has 1 aliphatic heterocycles. The van der Waals surface area contributed by atoms with Crippen molar-refractivity contribution in [3.8, 4) is 0 Å². The van der Waals surface area contributed by atoms with Gasteiger partial charge >= 0.3 is 0 Å². The highest BCUT2D eigenvalue weighted by Gasteiger charge is 2.30. The van der Waals surface area contributed by atoms with E-state index in [2.05, 4.69) is 0 Å². The van der Waals surface area contributed by atoms with Crippen LogP contribution in [0.25, 0.3) is 10.1 Å². The Morgan fingerprint density at radius 3 is 3.00 bits per heavy atom. The second-order valence-corrected chi connectivity index (χ2v) is 6.78. The number of carbonyl (C=O) groups excluding carboxylic acids is 1. The molecular weight excluding hydrogens is 315 g/mol. The number of nitrogens with two attached hydrogens (primary N) is 1. The largest absolute Gasteiger partial charge is 0.334 e. The summed E-state index contributed by atoms with van der Waals surface area (Å²) in [6, 6.07) is 5.62. The fourth-order valence-corrected chi connectivity index (χ4v) is 4.40.